The second kappa shape index (κ2) is 3.04. The van der Waals surface area contributed by atoms with E-state index in [1.54, 1.807) is 0 Å². The van der Waals surface area contributed by atoms with Crippen molar-refractivity contribution in [3.63, 3.8) is 0 Å². The third kappa shape index (κ3) is 9.16. The first kappa shape index (κ1) is 5.83. The van der Waals surface area contributed by atoms with Crippen molar-refractivity contribution >= 4 is 40.5 Å². The van der Waals surface area contributed by atoms with Gasteiger partial charge in [0.25, 0.3) is 0 Å². The van der Waals surface area contributed by atoms with Gasteiger partial charge >= 0.3 is 49.4 Å². The first-order valence-electron chi connectivity index (χ1n) is 0.401. The standard InChI is InChI=1S/2ClH.Fe.HI/h2*1H;;1H/q;;+3;/p-3. The van der Waals surface area contributed by atoms with E-state index >= 15 is 0 Å². The second-order valence-corrected chi connectivity index (χ2v) is 10.3. The van der Waals surface area contributed by atoms with Crippen molar-refractivity contribution in [1.29, 1.82) is 0 Å². The molecule has 0 heterocycles. The van der Waals surface area contributed by atoms with E-state index in [1.165, 1.54) is 0 Å². The summed E-state index contributed by atoms with van der Waals surface area (Å²) in [6, 6.07) is 0. The average Bonchev–Trinajstić information content (AvgIpc) is 0.811. The molecule has 0 radical (unpaired) electrons. The maximum absolute atomic E-state index is 5.11. The van der Waals surface area contributed by atoms with Gasteiger partial charge in [0.05, 0.1) is 0 Å². The summed E-state index contributed by atoms with van der Waals surface area (Å²) in [6.07, 6.45) is 0. The average molecular weight is 254 g/mol. The number of halogens is 3. The number of hydrogen-bond donors (Lipinski definition) is 0. The van der Waals surface area contributed by atoms with Gasteiger partial charge in [0.1, 0.15) is 0 Å². The molecule has 0 rings (SSSR count). The molecule has 0 bridgehead atoms. The molecule has 0 fully saturated rings. The van der Waals surface area contributed by atoms with Gasteiger partial charge in [-0.25, -0.2) is 0 Å². The molecule has 0 aliphatic heterocycles. The van der Waals surface area contributed by atoms with Crippen LogP contribution in [0.3, 0.4) is 0 Å². The summed E-state index contributed by atoms with van der Waals surface area (Å²) in [5.41, 5.74) is 0. The predicted molar refractivity (Wildman–Crippen MR) is 25.7 cm³/mol. The molecule has 0 spiro atoms. The fourth-order valence-electron chi connectivity index (χ4n) is 0. The molecule has 4 heteroatoms. The topological polar surface area (TPSA) is 0 Å². The molecule has 0 aromatic heterocycles. The molecule has 0 aliphatic rings. The van der Waals surface area contributed by atoms with Crippen LogP contribution < -0.4 is 0 Å². The van der Waals surface area contributed by atoms with E-state index in [4.69, 9.17) is 20.2 Å². The van der Waals surface area contributed by atoms with E-state index in [1.807, 2.05) is 20.3 Å². The van der Waals surface area contributed by atoms with Crippen LogP contribution in [0.25, 0.3) is 0 Å². The summed E-state index contributed by atoms with van der Waals surface area (Å²) in [6.45, 7) is 0. The van der Waals surface area contributed by atoms with Gasteiger partial charge in [-0.3, -0.25) is 0 Å². The quantitative estimate of drug-likeness (QED) is 0.459. The van der Waals surface area contributed by atoms with Crippen molar-refractivity contribution in [2.24, 2.45) is 0 Å². The molecule has 0 aromatic carbocycles. The fraction of sp³-hybridized carbons (Fsp3) is 0. The molecule has 4 heavy (non-hydrogen) atoms. The molecule has 0 saturated carbocycles. The normalized spacial score (nSPS) is 11.2. The van der Waals surface area contributed by atoms with E-state index in [-0.39, 0.29) is 0 Å². The third-order valence-electron chi connectivity index (χ3n) is 0. The minimum absolute atomic E-state index is 0.836. The monoisotopic (exact) mass is 253 g/mol. The molecule has 0 N–H and O–H groups in total. The Kier molecular flexibility index (Phi) is 4.43. The molecule has 0 amide bonds. The van der Waals surface area contributed by atoms with Crippen molar-refractivity contribution in [1.82, 2.24) is 0 Å². The van der Waals surface area contributed by atoms with E-state index in [0.29, 0.717) is 0 Å². The van der Waals surface area contributed by atoms with Gasteiger partial charge in [-0.05, 0) is 0 Å². The van der Waals surface area contributed by atoms with Crippen molar-refractivity contribution in [3.05, 3.63) is 0 Å². The van der Waals surface area contributed by atoms with Crippen molar-refractivity contribution < 1.29 is 8.83 Å². The fourth-order valence-corrected chi connectivity index (χ4v) is 0. The number of rotatable bonds is 0. The predicted octanol–water partition coefficient (Wildman–Crippen LogP) is 2.26. The van der Waals surface area contributed by atoms with Gasteiger partial charge in [-0.15, -0.1) is 0 Å². The zero-order chi connectivity index (χ0) is 3.58. The Balaban J connectivity index is 2.32. The van der Waals surface area contributed by atoms with Gasteiger partial charge in [0, 0.05) is 0 Å². The second-order valence-electron chi connectivity index (χ2n) is 0.152. The molecule has 0 saturated heterocycles. The van der Waals surface area contributed by atoms with Gasteiger partial charge in [0.15, 0.2) is 0 Å². The van der Waals surface area contributed by atoms with Crippen molar-refractivity contribution in [3.8, 4) is 0 Å². The van der Waals surface area contributed by atoms with Crippen LogP contribution in [-0.4, -0.2) is 0 Å². The van der Waals surface area contributed by atoms with Crippen molar-refractivity contribution in [2.75, 3.05) is 0 Å². The van der Waals surface area contributed by atoms with Crippen LogP contribution in [0.2, 0.25) is 0 Å². The minimum atomic E-state index is -0.836. The van der Waals surface area contributed by atoms with Crippen LogP contribution in [-0.2, 0) is 8.83 Å². The molecule has 0 unspecified atom stereocenters. The maximum atomic E-state index is 5.11. The molecule has 0 aromatic rings. The van der Waals surface area contributed by atoms with Crippen LogP contribution in [0.4, 0.5) is 0 Å². The summed E-state index contributed by atoms with van der Waals surface area (Å²) in [5, 5.41) is 0. The summed E-state index contributed by atoms with van der Waals surface area (Å²) in [7, 11) is 9.38. The van der Waals surface area contributed by atoms with Gasteiger partial charge in [-0.2, -0.15) is 0 Å². The molecule has 0 nitrogen and oxygen atoms in total. The zero-order valence-corrected chi connectivity index (χ0v) is 6.26. The Morgan fingerprint density at radius 3 is 1.50 bits per heavy atom. The van der Waals surface area contributed by atoms with E-state index in [2.05, 4.69) is 0 Å². The van der Waals surface area contributed by atoms with Crippen LogP contribution >= 0.6 is 40.5 Å². The zero-order valence-electron chi connectivity index (χ0n) is 1.49. The van der Waals surface area contributed by atoms with Gasteiger partial charge in [0.2, 0.25) is 0 Å². The van der Waals surface area contributed by atoms with Gasteiger partial charge in [-0.1, -0.05) is 0 Å². The molecular weight excluding hydrogens is 254 g/mol. The summed E-state index contributed by atoms with van der Waals surface area (Å²) < 4.78 is 0. The Bertz CT molecular complexity index is 10.8. The third-order valence-corrected chi connectivity index (χ3v) is 0. The Morgan fingerprint density at radius 2 is 1.50 bits per heavy atom. The van der Waals surface area contributed by atoms with Crippen LogP contribution in [0.1, 0.15) is 0 Å². The van der Waals surface area contributed by atoms with Crippen molar-refractivity contribution in [2.45, 2.75) is 0 Å². The Hall–Kier alpha value is 1.83. The van der Waals surface area contributed by atoms with E-state index in [9.17, 15) is 0 Å². The summed E-state index contributed by atoms with van der Waals surface area (Å²) in [5.74, 6) is 0. The molecule has 0 atom stereocenters. The Morgan fingerprint density at radius 1 is 1.50 bits per heavy atom. The molecule has 0 aliphatic carbocycles. The Labute approximate surface area is 48.9 Å². The number of hydrogen-bond acceptors (Lipinski definition) is 0. The molecule has 29 valence electrons. The summed E-state index contributed by atoms with van der Waals surface area (Å²) in [4.78, 5) is 0. The first-order valence-corrected chi connectivity index (χ1v) is 7.00. The summed E-state index contributed by atoms with van der Waals surface area (Å²) >= 11 is 1.96. The van der Waals surface area contributed by atoms with Crippen LogP contribution in [0, 0.1) is 0 Å². The SMILES string of the molecule is [Cl][Fe]([Cl])[I]. The van der Waals surface area contributed by atoms with Crippen LogP contribution in [0.5, 0.6) is 0 Å². The molecular formula is Cl2FeI. The first-order chi connectivity index (χ1) is 1.73. The van der Waals surface area contributed by atoms with E-state index in [0.717, 1.165) is 0 Å². The van der Waals surface area contributed by atoms with E-state index < -0.39 is 8.83 Å². The van der Waals surface area contributed by atoms with Crippen LogP contribution in [0.15, 0.2) is 0 Å². The van der Waals surface area contributed by atoms with Gasteiger partial charge < -0.3 is 0 Å².